The van der Waals surface area contributed by atoms with Gasteiger partial charge < -0.3 is 14.4 Å². The minimum atomic E-state index is -1.35. The molecule has 1 aromatic heterocycles. The highest BCUT2D eigenvalue weighted by Gasteiger charge is 2.18. The number of benzene rings is 2. The summed E-state index contributed by atoms with van der Waals surface area (Å²) in [5.41, 5.74) is 0.792. The van der Waals surface area contributed by atoms with Crippen LogP contribution in [0.5, 0.6) is 5.75 Å². The number of hydrogen-bond acceptors (Lipinski definition) is 4. The van der Waals surface area contributed by atoms with Gasteiger partial charge in [-0.3, -0.25) is 4.79 Å². The molecule has 6 nitrogen and oxygen atoms in total. The number of rotatable bonds is 5. The van der Waals surface area contributed by atoms with Crippen LogP contribution >= 0.6 is 0 Å². The second-order valence-corrected chi connectivity index (χ2v) is 5.21. The van der Waals surface area contributed by atoms with Crippen LogP contribution in [-0.4, -0.2) is 20.6 Å². The normalized spacial score (nSPS) is 10.7. The van der Waals surface area contributed by atoms with Crippen molar-refractivity contribution in [3.8, 4) is 5.75 Å². The fourth-order valence-corrected chi connectivity index (χ4v) is 2.54. The molecule has 0 aliphatic rings. The van der Waals surface area contributed by atoms with Crippen LogP contribution in [0.25, 0.3) is 11.0 Å². The van der Waals surface area contributed by atoms with Crippen molar-refractivity contribution in [3.05, 3.63) is 70.1 Å². The van der Waals surface area contributed by atoms with Crippen molar-refractivity contribution in [2.45, 2.75) is 20.1 Å². The number of carbonyl (C=O) groups is 1. The van der Waals surface area contributed by atoms with E-state index in [1.165, 1.54) is 4.57 Å². The van der Waals surface area contributed by atoms with Gasteiger partial charge in [-0.1, -0.05) is 36.4 Å². The molecule has 0 radical (unpaired) electrons. The molecule has 0 saturated carbocycles. The first-order valence-corrected chi connectivity index (χ1v) is 7.55. The Bertz CT molecular complexity index is 948. The smallest absolute Gasteiger partial charge is 0.360 e. The van der Waals surface area contributed by atoms with E-state index in [9.17, 15) is 14.7 Å². The summed E-state index contributed by atoms with van der Waals surface area (Å²) in [7, 11) is 0. The Labute approximate surface area is 138 Å². The zero-order chi connectivity index (χ0) is 17.1. The minimum Gasteiger partial charge on any atom is -0.487 e. The highest BCUT2D eigenvalue weighted by atomic mass is 16.5. The summed E-state index contributed by atoms with van der Waals surface area (Å²) in [6, 6.07) is 14.8. The SMILES string of the molecule is CCn1c(=O)c(C(=O)O)nc2c(OCc3ccccc3)cccc21. The molecule has 0 atom stereocenters. The Hall–Kier alpha value is -3.15. The predicted molar refractivity (Wildman–Crippen MR) is 89.4 cm³/mol. The first-order chi connectivity index (χ1) is 11.6. The molecular formula is C18H16N2O4. The lowest BCUT2D eigenvalue weighted by molar-refractivity contribution is 0.0688. The lowest BCUT2D eigenvalue weighted by Gasteiger charge is -2.13. The molecule has 1 heterocycles. The fraction of sp³-hybridized carbons (Fsp3) is 0.167. The van der Waals surface area contributed by atoms with E-state index in [4.69, 9.17) is 4.74 Å². The van der Waals surface area contributed by atoms with Crippen LogP contribution in [0.2, 0.25) is 0 Å². The van der Waals surface area contributed by atoms with Crippen molar-refractivity contribution in [1.29, 1.82) is 0 Å². The number of ether oxygens (including phenoxy) is 1. The van der Waals surface area contributed by atoms with Crippen LogP contribution in [0.15, 0.2) is 53.3 Å². The van der Waals surface area contributed by atoms with Crippen LogP contribution in [0, 0.1) is 0 Å². The van der Waals surface area contributed by atoms with E-state index in [0.717, 1.165) is 5.56 Å². The molecule has 0 aliphatic carbocycles. The van der Waals surface area contributed by atoms with Gasteiger partial charge in [0.05, 0.1) is 5.52 Å². The molecule has 0 spiro atoms. The highest BCUT2D eigenvalue weighted by Crippen LogP contribution is 2.24. The zero-order valence-corrected chi connectivity index (χ0v) is 13.1. The quantitative estimate of drug-likeness (QED) is 0.780. The second kappa shape index (κ2) is 6.54. The van der Waals surface area contributed by atoms with Gasteiger partial charge in [0.2, 0.25) is 5.69 Å². The van der Waals surface area contributed by atoms with E-state index in [1.54, 1.807) is 25.1 Å². The number of carboxylic acids is 1. The topological polar surface area (TPSA) is 81.4 Å². The maximum atomic E-state index is 12.2. The Morgan fingerprint density at radius 3 is 2.58 bits per heavy atom. The van der Waals surface area contributed by atoms with Crippen molar-refractivity contribution in [1.82, 2.24) is 9.55 Å². The molecular weight excluding hydrogens is 308 g/mol. The van der Waals surface area contributed by atoms with Crippen molar-refractivity contribution in [2.75, 3.05) is 0 Å². The van der Waals surface area contributed by atoms with Crippen LogP contribution in [0.4, 0.5) is 0 Å². The van der Waals surface area contributed by atoms with Gasteiger partial charge in [-0.25, -0.2) is 9.78 Å². The number of aryl methyl sites for hydroxylation is 1. The Morgan fingerprint density at radius 2 is 1.92 bits per heavy atom. The summed E-state index contributed by atoms with van der Waals surface area (Å²) < 4.78 is 7.20. The monoisotopic (exact) mass is 324 g/mol. The first kappa shape index (κ1) is 15.7. The van der Waals surface area contributed by atoms with Crippen LogP contribution in [-0.2, 0) is 13.2 Å². The summed E-state index contributed by atoms with van der Waals surface area (Å²) in [5, 5.41) is 9.23. The second-order valence-electron chi connectivity index (χ2n) is 5.21. The first-order valence-electron chi connectivity index (χ1n) is 7.55. The predicted octanol–water partition coefficient (Wildman–Crippen LogP) is 2.69. The standard InChI is InChI=1S/C18H16N2O4/c1-2-20-13-9-6-10-14(24-11-12-7-4-3-5-8-12)15(13)19-16(17(20)21)18(22)23/h3-10H,2,11H2,1H3,(H,22,23). The fourth-order valence-electron chi connectivity index (χ4n) is 2.54. The van der Waals surface area contributed by atoms with E-state index >= 15 is 0 Å². The molecule has 1 N–H and O–H groups in total. The van der Waals surface area contributed by atoms with E-state index in [-0.39, 0.29) is 0 Å². The summed E-state index contributed by atoms with van der Waals surface area (Å²) in [6.45, 7) is 2.46. The number of carboxylic acid groups (broad SMARTS) is 1. The van der Waals surface area contributed by atoms with E-state index in [2.05, 4.69) is 4.98 Å². The maximum absolute atomic E-state index is 12.2. The van der Waals surface area contributed by atoms with Gasteiger partial charge in [0.15, 0.2) is 0 Å². The minimum absolute atomic E-state index is 0.329. The molecule has 2 aromatic carbocycles. The Morgan fingerprint density at radius 1 is 1.17 bits per heavy atom. The lowest BCUT2D eigenvalue weighted by Crippen LogP contribution is -2.28. The molecule has 0 saturated heterocycles. The maximum Gasteiger partial charge on any atom is 0.360 e. The Balaban J connectivity index is 2.10. The van der Waals surface area contributed by atoms with Gasteiger partial charge in [0.1, 0.15) is 17.9 Å². The average Bonchev–Trinajstić information content (AvgIpc) is 2.60. The van der Waals surface area contributed by atoms with E-state index in [0.29, 0.717) is 29.9 Å². The molecule has 0 unspecified atom stereocenters. The molecule has 3 rings (SSSR count). The van der Waals surface area contributed by atoms with Gasteiger partial charge in [-0.05, 0) is 24.6 Å². The summed E-state index contributed by atoms with van der Waals surface area (Å²) in [6.07, 6.45) is 0. The van der Waals surface area contributed by atoms with Gasteiger partial charge in [-0.2, -0.15) is 0 Å². The molecule has 0 aliphatic heterocycles. The highest BCUT2D eigenvalue weighted by molar-refractivity contribution is 5.89. The van der Waals surface area contributed by atoms with Gasteiger partial charge in [-0.15, -0.1) is 0 Å². The molecule has 0 bridgehead atoms. The number of para-hydroxylation sites is 1. The van der Waals surface area contributed by atoms with Crippen LogP contribution < -0.4 is 10.3 Å². The third-order valence-corrected chi connectivity index (χ3v) is 3.70. The number of hydrogen-bond donors (Lipinski definition) is 1. The Kier molecular flexibility index (Phi) is 4.29. The van der Waals surface area contributed by atoms with E-state index < -0.39 is 17.2 Å². The number of fused-ring (bicyclic) bond motifs is 1. The van der Waals surface area contributed by atoms with Crippen LogP contribution in [0.3, 0.4) is 0 Å². The largest absolute Gasteiger partial charge is 0.487 e. The molecule has 3 aromatic rings. The molecule has 24 heavy (non-hydrogen) atoms. The van der Waals surface area contributed by atoms with Crippen LogP contribution in [0.1, 0.15) is 23.0 Å². The summed E-state index contributed by atoms with van der Waals surface area (Å²) in [4.78, 5) is 27.6. The summed E-state index contributed by atoms with van der Waals surface area (Å²) >= 11 is 0. The zero-order valence-electron chi connectivity index (χ0n) is 13.1. The van der Waals surface area contributed by atoms with Gasteiger partial charge in [0, 0.05) is 6.54 Å². The van der Waals surface area contributed by atoms with Crippen molar-refractivity contribution in [2.24, 2.45) is 0 Å². The third kappa shape index (κ3) is 2.86. The molecule has 0 amide bonds. The number of aromatic carboxylic acids is 1. The van der Waals surface area contributed by atoms with Crippen molar-refractivity contribution in [3.63, 3.8) is 0 Å². The van der Waals surface area contributed by atoms with Gasteiger partial charge >= 0.3 is 5.97 Å². The van der Waals surface area contributed by atoms with Crippen molar-refractivity contribution < 1.29 is 14.6 Å². The summed E-state index contributed by atoms with van der Waals surface area (Å²) in [5.74, 6) is -0.900. The average molecular weight is 324 g/mol. The van der Waals surface area contributed by atoms with Crippen molar-refractivity contribution >= 4 is 17.0 Å². The lowest BCUT2D eigenvalue weighted by atomic mass is 10.2. The number of nitrogens with zero attached hydrogens (tertiary/aromatic N) is 2. The molecule has 6 heteroatoms. The number of aromatic nitrogens is 2. The molecule has 0 fully saturated rings. The molecule has 122 valence electrons. The van der Waals surface area contributed by atoms with Gasteiger partial charge in [0.25, 0.3) is 5.56 Å². The van der Waals surface area contributed by atoms with E-state index in [1.807, 2.05) is 30.3 Å². The third-order valence-electron chi connectivity index (χ3n) is 3.70.